The van der Waals surface area contributed by atoms with Gasteiger partial charge in [-0.15, -0.1) is 0 Å². The fourth-order valence-corrected chi connectivity index (χ4v) is 6.16. The predicted molar refractivity (Wildman–Crippen MR) is 130 cm³/mol. The number of alkyl halides is 2. The van der Waals surface area contributed by atoms with E-state index in [4.69, 9.17) is 24.3 Å². The quantitative estimate of drug-likeness (QED) is 0.214. The number of carbonyl (C=O) groups excluding carboxylic acids is 1. The number of rotatable bonds is 6. The minimum Gasteiger partial charge on any atom is -0.461 e. The summed E-state index contributed by atoms with van der Waals surface area (Å²) in [5.41, 5.74) is 7.82. The number of hydrogen-bond donors (Lipinski definition) is 3. The third-order valence-corrected chi connectivity index (χ3v) is 8.40. The molecule has 2 aliphatic rings. The monoisotopic (exact) mass is 600 g/mol. The second-order valence-corrected chi connectivity index (χ2v) is 11.5. The van der Waals surface area contributed by atoms with Gasteiger partial charge in [-0.3, -0.25) is 14.3 Å². The van der Waals surface area contributed by atoms with Gasteiger partial charge in [0.1, 0.15) is 36.6 Å². The van der Waals surface area contributed by atoms with Gasteiger partial charge in [0.15, 0.2) is 12.0 Å². The molecule has 16 heteroatoms. The van der Waals surface area contributed by atoms with Crippen molar-refractivity contribution in [2.75, 3.05) is 12.3 Å². The molecule has 1 fully saturated rings. The third-order valence-electron chi connectivity index (χ3n) is 6.08. The normalized spacial score (nSPS) is 29.2. The lowest BCUT2D eigenvalue weighted by Crippen LogP contribution is -2.38. The van der Waals surface area contributed by atoms with Gasteiger partial charge in [0.25, 0.3) is 0 Å². The first-order valence-corrected chi connectivity index (χ1v) is 13.4. The van der Waals surface area contributed by atoms with E-state index in [0.717, 1.165) is 0 Å². The molecule has 13 nitrogen and oxygen atoms in total. The van der Waals surface area contributed by atoms with E-state index >= 15 is 4.39 Å². The van der Waals surface area contributed by atoms with Crippen molar-refractivity contribution < 1.29 is 37.4 Å². The van der Waals surface area contributed by atoms with Crippen molar-refractivity contribution in [1.29, 1.82) is 0 Å². The fourth-order valence-electron chi connectivity index (χ4n) is 4.15. The van der Waals surface area contributed by atoms with Crippen LogP contribution >= 0.6 is 23.7 Å². The Hall–Kier alpha value is -2.68. The number of ether oxygens (including phenoxy) is 2. The van der Waals surface area contributed by atoms with E-state index in [9.17, 15) is 14.5 Å². The number of anilines is 1. The zero-order valence-corrected chi connectivity index (χ0v) is 22.1. The standard InChI is InChI=1S/C21H23BrFN6O7P/c1-10-16-14(12(5-25-10)7-33-11(2)30)6-28-37(32,36-16)34-8-15-17(31)21(22,23)20(35-15)29-4-3-13-18(24)26-9-27-19(13)29/h3-5,9,15,17,20,31H,6-8H2,1-2H3,(H,28,32)(H2,24,26,27)/t15-,17?,20-,21-,37?/m1/s1. The number of esters is 1. The number of nitrogens with two attached hydrogens (primary N) is 1. The molecule has 0 amide bonds. The summed E-state index contributed by atoms with van der Waals surface area (Å²) in [4.78, 5) is 23.4. The molecule has 5 rings (SSSR count). The van der Waals surface area contributed by atoms with Gasteiger partial charge in [0.2, 0.25) is 4.58 Å². The van der Waals surface area contributed by atoms with E-state index in [0.29, 0.717) is 27.9 Å². The number of aromatic nitrogens is 4. The molecule has 0 aliphatic carbocycles. The summed E-state index contributed by atoms with van der Waals surface area (Å²) in [6.45, 7) is 2.53. The molecule has 0 bridgehead atoms. The first-order chi connectivity index (χ1) is 17.5. The third kappa shape index (κ3) is 4.71. The van der Waals surface area contributed by atoms with Gasteiger partial charge in [0, 0.05) is 37.0 Å². The minimum atomic E-state index is -3.95. The van der Waals surface area contributed by atoms with Gasteiger partial charge in [0.05, 0.1) is 17.7 Å². The van der Waals surface area contributed by atoms with Crippen LogP contribution < -0.4 is 15.3 Å². The molecule has 5 heterocycles. The highest BCUT2D eigenvalue weighted by Gasteiger charge is 2.57. The molecule has 3 aromatic heterocycles. The maximum Gasteiger partial charge on any atom is 0.459 e. The molecule has 2 aliphatic heterocycles. The Morgan fingerprint density at radius 2 is 2.24 bits per heavy atom. The molecule has 3 aromatic rings. The average Bonchev–Trinajstić information content (AvgIpc) is 3.37. The van der Waals surface area contributed by atoms with Crippen LogP contribution in [0.2, 0.25) is 0 Å². The van der Waals surface area contributed by atoms with E-state index in [2.05, 4.69) is 36.0 Å². The van der Waals surface area contributed by atoms with E-state index in [1.807, 2.05) is 0 Å². The molecule has 1 saturated heterocycles. The predicted octanol–water partition coefficient (Wildman–Crippen LogP) is 2.41. The maximum absolute atomic E-state index is 15.6. The molecule has 37 heavy (non-hydrogen) atoms. The van der Waals surface area contributed by atoms with E-state index in [1.54, 1.807) is 19.2 Å². The first kappa shape index (κ1) is 25.9. The van der Waals surface area contributed by atoms with E-state index in [1.165, 1.54) is 24.0 Å². The first-order valence-electron chi connectivity index (χ1n) is 11.1. The molecule has 198 valence electrons. The number of carbonyl (C=O) groups is 1. The molecular formula is C21H23BrFN6O7P. The topological polar surface area (TPSA) is 173 Å². The van der Waals surface area contributed by atoms with Crippen LogP contribution in [0.3, 0.4) is 0 Å². The molecule has 4 N–H and O–H groups in total. The Kier molecular flexibility index (Phi) is 6.71. The van der Waals surface area contributed by atoms with Gasteiger partial charge in [-0.25, -0.2) is 24.0 Å². The van der Waals surface area contributed by atoms with Crippen molar-refractivity contribution in [2.45, 2.75) is 50.0 Å². The number of aliphatic hydroxyl groups is 1. The summed E-state index contributed by atoms with van der Waals surface area (Å²) in [6, 6.07) is 1.61. The van der Waals surface area contributed by atoms with Crippen LogP contribution in [0.25, 0.3) is 11.0 Å². The lowest BCUT2D eigenvalue weighted by Gasteiger charge is -2.29. The number of fused-ring (bicyclic) bond motifs is 2. The van der Waals surface area contributed by atoms with Gasteiger partial charge in [-0.1, -0.05) is 0 Å². The largest absolute Gasteiger partial charge is 0.461 e. The van der Waals surface area contributed by atoms with Crippen molar-refractivity contribution in [3.63, 3.8) is 0 Å². The van der Waals surface area contributed by atoms with Crippen LogP contribution in [0.15, 0.2) is 24.8 Å². The zero-order chi connectivity index (χ0) is 26.5. The Morgan fingerprint density at radius 3 is 3.00 bits per heavy atom. The number of pyridine rings is 1. The number of aliphatic hydroxyl groups excluding tert-OH is 1. The van der Waals surface area contributed by atoms with Crippen LogP contribution in [0.4, 0.5) is 10.2 Å². The number of nitrogens with one attached hydrogen (secondary N) is 1. The number of nitrogens with zero attached hydrogens (tertiary/aromatic N) is 4. The second kappa shape index (κ2) is 9.57. The van der Waals surface area contributed by atoms with E-state index < -0.39 is 43.3 Å². The smallest absolute Gasteiger partial charge is 0.459 e. The highest BCUT2D eigenvalue weighted by Crippen LogP contribution is 2.52. The number of nitrogen functional groups attached to an aromatic ring is 1. The van der Waals surface area contributed by atoms with Crippen molar-refractivity contribution in [1.82, 2.24) is 24.6 Å². The van der Waals surface area contributed by atoms with Crippen LogP contribution in [-0.4, -0.2) is 54.0 Å². The lowest BCUT2D eigenvalue weighted by atomic mass is 10.1. The van der Waals surface area contributed by atoms with Crippen molar-refractivity contribution in [2.24, 2.45) is 0 Å². The van der Waals surface area contributed by atoms with Gasteiger partial charge < -0.3 is 29.4 Å². The Labute approximate surface area is 218 Å². The van der Waals surface area contributed by atoms with Gasteiger partial charge in [-0.2, -0.15) is 0 Å². The van der Waals surface area contributed by atoms with Gasteiger partial charge in [-0.05, 0) is 28.9 Å². The summed E-state index contributed by atoms with van der Waals surface area (Å²) < 4.78 is 49.9. The van der Waals surface area contributed by atoms with Crippen molar-refractivity contribution >= 4 is 46.5 Å². The Morgan fingerprint density at radius 1 is 1.46 bits per heavy atom. The molecule has 5 atom stereocenters. The lowest BCUT2D eigenvalue weighted by molar-refractivity contribution is -0.142. The van der Waals surface area contributed by atoms with E-state index in [-0.39, 0.29) is 24.7 Å². The molecular weight excluding hydrogens is 578 g/mol. The zero-order valence-electron chi connectivity index (χ0n) is 19.6. The highest BCUT2D eigenvalue weighted by atomic mass is 79.9. The number of aryl methyl sites for hydroxylation is 1. The van der Waals surface area contributed by atoms with Crippen LogP contribution in [0.1, 0.15) is 30.0 Å². The Bertz CT molecular complexity index is 1420. The van der Waals surface area contributed by atoms with Crippen LogP contribution in [-0.2, 0) is 36.5 Å². The maximum atomic E-state index is 15.6. The van der Waals surface area contributed by atoms with Gasteiger partial charge >= 0.3 is 13.7 Å². The van der Waals surface area contributed by atoms with Crippen LogP contribution in [0, 0.1) is 6.92 Å². The summed E-state index contributed by atoms with van der Waals surface area (Å²) in [6.07, 6.45) is 0.0237. The molecule has 0 aromatic carbocycles. The Balaban J connectivity index is 1.32. The summed E-state index contributed by atoms with van der Waals surface area (Å²) in [5.74, 6) is -0.0178. The van der Waals surface area contributed by atoms with Crippen LogP contribution in [0.5, 0.6) is 5.75 Å². The summed E-state index contributed by atoms with van der Waals surface area (Å²) in [5, 5.41) is 13.9. The highest BCUT2D eigenvalue weighted by molar-refractivity contribution is 9.10. The SMILES string of the molecule is CC(=O)OCc1cnc(C)c2c1CNP(=O)(OC[C@H]1O[C@@H](n3ccc4c(N)ncnc43)[C@@](F)(Br)C1O)O2. The molecule has 0 radical (unpaired) electrons. The molecule has 0 spiro atoms. The number of halogens is 2. The summed E-state index contributed by atoms with van der Waals surface area (Å²) in [7, 11) is -3.95. The van der Waals surface area contributed by atoms with Crippen molar-refractivity contribution in [3.05, 3.63) is 41.6 Å². The average molecular weight is 601 g/mol. The summed E-state index contributed by atoms with van der Waals surface area (Å²) >= 11 is 2.93. The second-order valence-electron chi connectivity index (χ2n) is 8.54. The minimum absolute atomic E-state index is 0.0287. The number of hydrogen-bond acceptors (Lipinski definition) is 11. The van der Waals surface area contributed by atoms with Crippen molar-refractivity contribution in [3.8, 4) is 5.75 Å². The molecule has 2 unspecified atom stereocenters. The fraction of sp³-hybridized carbons (Fsp3) is 0.429. The molecule has 0 saturated carbocycles.